The Labute approximate surface area is 82.2 Å². The highest BCUT2D eigenvalue weighted by atomic mass is 35.5. The summed E-state index contributed by atoms with van der Waals surface area (Å²) in [5, 5.41) is 0.760. The van der Waals surface area contributed by atoms with E-state index in [-0.39, 0.29) is 0 Å². The van der Waals surface area contributed by atoms with Gasteiger partial charge in [0.25, 0.3) is 0 Å². The number of nitrogens with zero attached hydrogens (tertiary/aromatic N) is 1. The summed E-state index contributed by atoms with van der Waals surface area (Å²) in [6.07, 6.45) is 0.751. The molecular formula is C10H10ClNO. The standard InChI is InChI=1S/C10H10ClNO/c11-9-3-1-2-8(6-9)7-10-12-4-5-13-10/h1-3,6H,4-5,7H2. The maximum absolute atomic E-state index is 5.85. The van der Waals surface area contributed by atoms with Gasteiger partial charge in [0.1, 0.15) is 6.61 Å². The Morgan fingerprint density at radius 1 is 1.46 bits per heavy atom. The molecule has 2 nitrogen and oxygen atoms in total. The minimum atomic E-state index is 0.718. The van der Waals surface area contributed by atoms with Crippen molar-refractivity contribution < 1.29 is 4.74 Å². The van der Waals surface area contributed by atoms with Gasteiger partial charge in [-0.05, 0) is 17.7 Å². The maximum Gasteiger partial charge on any atom is 0.187 e. The topological polar surface area (TPSA) is 21.6 Å². The summed E-state index contributed by atoms with van der Waals surface area (Å²) in [6.45, 7) is 1.51. The van der Waals surface area contributed by atoms with E-state index in [9.17, 15) is 0 Å². The third-order valence-electron chi connectivity index (χ3n) is 1.89. The highest BCUT2D eigenvalue weighted by Gasteiger charge is 2.07. The fraction of sp³-hybridized carbons (Fsp3) is 0.300. The Hall–Kier alpha value is -1.02. The average Bonchev–Trinajstić information content (AvgIpc) is 2.57. The second kappa shape index (κ2) is 3.79. The van der Waals surface area contributed by atoms with Crippen molar-refractivity contribution in [2.75, 3.05) is 13.2 Å². The predicted octanol–water partition coefficient (Wildman–Crippen LogP) is 2.31. The van der Waals surface area contributed by atoms with Crippen LogP contribution in [0, 0.1) is 0 Å². The largest absolute Gasteiger partial charge is 0.479 e. The van der Waals surface area contributed by atoms with E-state index in [1.165, 1.54) is 0 Å². The zero-order valence-electron chi connectivity index (χ0n) is 7.16. The number of rotatable bonds is 2. The van der Waals surface area contributed by atoms with E-state index < -0.39 is 0 Å². The van der Waals surface area contributed by atoms with Crippen LogP contribution in [0.1, 0.15) is 5.56 Å². The van der Waals surface area contributed by atoms with Crippen LogP contribution in [0.15, 0.2) is 29.3 Å². The first-order valence-corrected chi connectivity index (χ1v) is 4.63. The molecule has 1 aromatic rings. The molecule has 1 aromatic carbocycles. The summed E-state index contributed by atoms with van der Waals surface area (Å²) in [7, 11) is 0. The van der Waals surface area contributed by atoms with E-state index in [2.05, 4.69) is 4.99 Å². The smallest absolute Gasteiger partial charge is 0.187 e. The van der Waals surface area contributed by atoms with Gasteiger partial charge in [0.15, 0.2) is 5.90 Å². The molecule has 0 aromatic heterocycles. The minimum absolute atomic E-state index is 0.718. The van der Waals surface area contributed by atoms with Crippen molar-refractivity contribution in [1.82, 2.24) is 0 Å². The molecule has 0 bridgehead atoms. The molecule has 1 aliphatic heterocycles. The van der Waals surface area contributed by atoms with Crippen LogP contribution in [-0.2, 0) is 11.2 Å². The molecule has 2 rings (SSSR count). The molecule has 0 saturated heterocycles. The lowest BCUT2D eigenvalue weighted by atomic mass is 10.1. The van der Waals surface area contributed by atoms with Gasteiger partial charge in [0.2, 0.25) is 0 Å². The van der Waals surface area contributed by atoms with Gasteiger partial charge in [-0.2, -0.15) is 0 Å². The maximum atomic E-state index is 5.85. The highest BCUT2D eigenvalue weighted by Crippen LogP contribution is 2.12. The van der Waals surface area contributed by atoms with Gasteiger partial charge in [0.05, 0.1) is 6.54 Å². The summed E-state index contributed by atoms with van der Waals surface area (Å²) < 4.78 is 5.30. The fourth-order valence-electron chi connectivity index (χ4n) is 1.31. The molecule has 13 heavy (non-hydrogen) atoms. The van der Waals surface area contributed by atoms with Gasteiger partial charge in [0, 0.05) is 11.4 Å². The van der Waals surface area contributed by atoms with Gasteiger partial charge in [-0.3, -0.25) is 4.99 Å². The Kier molecular flexibility index (Phi) is 2.50. The molecule has 1 heterocycles. The lowest BCUT2D eigenvalue weighted by molar-refractivity contribution is 0.341. The molecule has 1 aliphatic rings. The molecule has 0 aliphatic carbocycles. The van der Waals surface area contributed by atoms with E-state index in [0.717, 1.165) is 36.1 Å². The summed E-state index contributed by atoms with van der Waals surface area (Å²) in [6, 6.07) is 7.76. The molecule has 0 unspecified atom stereocenters. The Morgan fingerprint density at radius 2 is 2.38 bits per heavy atom. The van der Waals surface area contributed by atoms with Crippen molar-refractivity contribution in [1.29, 1.82) is 0 Å². The molecule has 0 fully saturated rings. The summed E-state index contributed by atoms with van der Waals surface area (Å²) in [5.74, 6) is 0.822. The van der Waals surface area contributed by atoms with Crippen molar-refractivity contribution in [3.8, 4) is 0 Å². The van der Waals surface area contributed by atoms with Crippen LogP contribution in [0.5, 0.6) is 0 Å². The van der Waals surface area contributed by atoms with Crippen molar-refractivity contribution in [3.05, 3.63) is 34.9 Å². The first kappa shape index (κ1) is 8.57. The highest BCUT2D eigenvalue weighted by molar-refractivity contribution is 6.30. The fourth-order valence-corrected chi connectivity index (χ4v) is 1.52. The predicted molar refractivity (Wildman–Crippen MR) is 53.4 cm³/mol. The monoisotopic (exact) mass is 195 g/mol. The third kappa shape index (κ3) is 2.22. The number of aliphatic imine (C=N–C) groups is 1. The second-order valence-electron chi connectivity index (χ2n) is 2.93. The first-order valence-electron chi connectivity index (χ1n) is 4.25. The van der Waals surface area contributed by atoms with Crippen molar-refractivity contribution in [2.45, 2.75) is 6.42 Å². The molecule has 0 N–H and O–H groups in total. The average molecular weight is 196 g/mol. The zero-order chi connectivity index (χ0) is 9.10. The Balaban J connectivity index is 2.09. The van der Waals surface area contributed by atoms with E-state index in [4.69, 9.17) is 16.3 Å². The number of hydrogen-bond donors (Lipinski definition) is 0. The van der Waals surface area contributed by atoms with Crippen LogP contribution < -0.4 is 0 Å². The first-order chi connectivity index (χ1) is 6.34. The van der Waals surface area contributed by atoms with Gasteiger partial charge < -0.3 is 4.74 Å². The summed E-state index contributed by atoms with van der Waals surface area (Å²) in [5.41, 5.74) is 1.15. The van der Waals surface area contributed by atoms with Crippen molar-refractivity contribution in [2.24, 2.45) is 4.99 Å². The zero-order valence-corrected chi connectivity index (χ0v) is 7.92. The van der Waals surface area contributed by atoms with Crippen LogP contribution in [-0.4, -0.2) is 19.0 Å². The van der Waals surface area contributed by atoms with Crippen LogP contribution in [0.2, 0.25) is 5.02 Å². The van der Waals surface area contributed by atoms with E-state index in [0.29, 0.717) is 0 Å². The lowest BCUT2D eigenvalue weighted by Gasteiger charge is -2.01. The van der Waals surface area contributed by atoms with Gasteiger partial charge in [-0.15, -0.1) is 0 Å². The molecular weight excluding hydrogens is 186 g/mol. The second-order valence-corrected chi connectivity index (χ2v) is 3.37. The Morgan fingerprint density at radius 3 is 3.08 bits per heavy atom. The number of ether oxygens (including phenoxy) is 1. The molecule has 0 amide bonds. The van der Waals surface area contributed by atoms with Crippen LogP contribution in [0.3, 0.4) is 0 Å². The molecule has 0 spiro atoms. The number of benzene rings is 1. The summed E-state index contributed by atoms with van der Waals surface area (Å²) >= 11 is 5.85. The van der Waals surface area contributed by atoms with Crippen LogP contribution in [0.25, 0.3) is 0 Å². The molecule has 0 atom stereocenters. The van der Waals surface area contributed by atoms with Gasteiger partial charge >= 0.3 is 0 Å². The van der Waals surface area contributed by atoms with E-state index >= 15 is 0 Å². The third-order valence-corrected chi connectivity index (χ3v) is 2.13. The minimum Gasteiger partial charge on any atom is -0.479 e. The van der Waals surface area contributed by atoms with Gasteiger partial charge in [-0.25, -0.2) is 0 Å². The van der Waals surface area contributed by atoms with Crippen LogP contribution >= 0.6 is 11.6 Å². The molecule has 0 radical (unpaired) electrons. The number of hydrogen-bond acceptors (Lipinski definition) is 2. The normalized spacial score (nSPS) is 15.3. The van der Waals surface area contributed by atoms with Crippen LogP contribution in [0.4, 0.5) is 0 Å². The molecule has 0 saturated carbocycles. The lowest BCUT2D eigenvalue weighted by Crippen LogP contribution is -2.02. The number of halogens is 1. The van der Waals surface area contributed by atoms with Crippen molar-refractivity contribution >= 4 is 17.5 Å². The summed E-state index contributed by atoms with van der Waals surface area (Å²) in [4.78, 5) is 4.21. The van der Waals surface area contributed by atoms with Crippen molar-refractivity contribution in [3.63, 3.8) is 0 Å². The quantitative estimate of drug-likeness (QED) is 0.710. The molecule has 3 heteroatoms. The van der Waals surface area contributed by atoms with E-state index in [1.54, 1.807) is 0 Å². The SMILES string of the molecule is Clc1cccc(CC2=NCCO2)c1. The Bertz CT molecular complexity index is 335. The van der Waals surface area contributed by atoms with E-state index in [1.807, 2.05) is 24.3 Å². The van der Waals surface area contributed by atoms with Gasteiger partial charge in [-0.1, -0.05) is 23.7 Å². The molecule has 68 valence electrons.